The summed E-state index contributed by atoms with van der Waals surface area (Å²) in [6.45, 7) is 1.83. The van der Waals surface area contributed by atoms with E-state index < -0.39 is 4.92 Å². The van der Waals surface area contributed by atoms with Gasteiger partial charge in [0.25, 0.3) is 0 Å². The first-order valence-corrected chi connectivity index (χ1v) is 6.23. The molecule has 1 aromatic carbocycles. The van der Waals surface area contributed by atoms with E-state index in [4.69, 9.17) is 15.2 Å². The number of hydrogen-bond donors (Lipinski definition) is 1. The van der Waals surface area contributed by atoms with Crippen molar-refractivity contribution in [2.45, 2.75) is 13.0 Å². The zero-order valence-corrected chi connectivity index (χ0v) is 11.6. The predicted octanol–water partition coefficient (Wildman–Crippen LogP) is 2.81. The van der Waals surface area contributed by atoms with Gasteiger partial charge in [-0.1, -0.05) is 0 Å². The number of methoxy groups -OCH3 is 1. The fourth-order valence-corrected chi connectivity index (χ4v) is 1.73. The number of nitrogens with two attached hydrogens (primary N) is 1. The highest BCUT2D eigenvalue weighted by molar-refractivity contribution is 5.52. The summed E-state index contributed by atoms with van der Waals surface area (Å²) < 4.78 is 10.5. The number of nitro groups is 1. The molecule has 0 fully saturated rings. The van der Waals surface area contributed by atoms with Crippen LogP contribution in [0.4, 0.5) is 5.69 Å². The molecule has 0 aliphatic carbocycles. The Morgan fingerprint density at radius 1 is 1.33 bits per heavy atom. The van der Waals surface area contributed by atoms with Gasteiger partial charge in [0.2, 0.25) is 11.6 Å². The van der Waals surface area contributed by atoms with Crippen LogP contribution >= 0.6 is 0 Å². The van der Waals surface area contributed by atoms with E-state index in [0.29, 0.717) is 5.75 Å². The molecule has 7 heteroatoms. The summed E-state index contributed by atoms with van der Waals surface area (Å²) in [5.41, 5.74) is 6.42. The molecule has 1 heterocycles. The van der Waals surface area contributed by atoms with Crippen molar-refractivity contribution in [1.29, 1.82) is 0 Å². The highest BCUT2D eigenvalue weighted by atomic mass is 16.6. The van der Waals surface area contributed by atoms with Crippen LogP contribution in [0, 0.1) is 10.1 Å². The summed E-state index contributed by atoms with van der Waals surface area (Å²) in [6.07, 6.45) is 1.55. The summed E-state index contributed by atoms with van der Waals surface area (Å²) in [4.78, 5) is 14.6. The fraction of sp³-hybridized carbons (Fsp3) is 0.214. The van der Waals surface area contributed by atoms with Crippen LogP contribution in [0.3, 0.4) is 0 Å². The number of nitro benzene ring substituents is 1. The number of rotatable bonds is 5. The Labute approximate surface area is 121 Å². The summed E-state index contributed by atoms with van der Waals surface area (Å²) in [5.74, 6) is 0.722. The van der Waals surface area contributed by atoms with Crippen LogP contribution < -0.4 is 15.2 Å². The monoisotopic (exact) mass is 289 g/mol. The number of pyridine rings is 1. The molecule has 21 heavy (non-hydrogen) atoms. The molecular weight excluding hydrogens is 274 g/mol. The highest BCUT2D eigenvalue weighted by Crippen LogP contribution is 2.34. The molecule has 2 aromatic rings. The van der Waals surface area contributed by atoms with Crippen molar-refractivity contribution in [2.24, 2.45) is 5.73 Å². The number of benzene rings is 1. The van der Waals surface area contributed by atoms with Crippen LogP contribution in [0.25, 0.3) is 0 Å². The normalized spacial score (nSPS) is 11.8. The third kappa shape index (κ3) is 3.46. The molecule has 0 saturated heterocycles. The molecule has 0 saturated carbocycles. The molecule has 0 unspecified atom stereocenters. The van der Waals surface area contributed by atoms with Gasteiger partial charge in [-0.15, -0.1) is 0 Å². The van der Waals surface area contributed by atoms with E-state index in [2.05, 4.69) is 4.98 Å². The van der Waals surface area contributed by atoms with Gasteiger partial charge in [-0.3, -0.25) is 10.1 Å². The first-order valence-electron chi connectivity index (χ1n) is 6.23. The molecule has 0 aliphatic rings. The van der Waals surface area contributed by atoms with Crippen LogP contribution in [0.1, 0.15) is 18.5 Å². The molecule has 2 N–H and O–H groups in total. The summed E-state index contributed by atoms with van der Waals surface area (Å²) >= 11 is 0. The lowest BCUT2D eigenvalue weighted by Crippen LogP contribution is -2.05. The largest absolute Gasteiger partial charge is 0.496 e. The number of aromatic nitrogens is 1. The van der Waals surface area contributed by atoms with Crippen LogP contribution in [0.5, 0.6) is 17.4 Å². The molecule has 0 aliphatic heterocycles. The van der Waals surface area contributed by atoms with Crippen LogP contribution in [0.2, 0.25) is 0 Å². The molecule has 110 valence electrons. The molecule has 0 amide bonds. The lowest BCUT2D eigenvalue weighted by Gasteiger charge is -2.09. The molecule has 1 aromatic heterocycles. The maximum atomic E-state index is 11.1. The Balaban J connectivity index is 2.35. The zero-order chi connectivity index (χ0) is 15.4. The minimum Gasteiger partial charge on any atom is -0.496 e. The smallest absolute Gasteiger partial charge is 0.315 e. The number of ether oxygens (including phenoxy) is 2. The first-order chi connectivity index (χ1) is 10.0. The van der Waals surface area contributed by atoms with Gasteiger partial charge in [0, 0.05) is 18.3 Å². The van der Waals surface area contributed by atoms with Crippen molar-refractivity contribution >= 4 is 5.69 Å². The Bertz CT molecular complexity index is 658. The fourth-order valence-electron chi connectivity index (χ4n) is 1.73. The molecule has 0 radical (unpaired) electrons. The zero-order valence-electron chi connectivity index (χ0n) is 11.6. The molecule has 0 spiro atoms. The summed E-state index contributed by atoms with van der Waals surface area (Å²) in [6, 6.07) is 7.58. The lowest BCUT2D eigenvalue weighted by molar-refractivity contribution is -0.385. The van der Waals surface area contributed by atoms with Crippen molar-refractivity contribution < 1.29 is 14.4 Å². The Kier molecular flexibility index (Phi) is 4.34. The predicted molar refractivity (Wildman–Crippen MR) is 76.6 cm³/mol. The van der Waals surface area contributed by atoms with Gasteiger partial charge in [-0.25, -0.2) is 4.98 Å². The van der Waals surface area contributed by atoms with Crippen molar-refractivity contribution in [3.05, 3.63) is 52.2 Å². The van der Waals surface area contributed by atoms with Crippen LogP contribution in [-0.4, -0.2) is 17.0 Å². The summed E-state index contributed by atoms with van der Waals surface area (Å²) in [7, 11) is 1.44. The van der Waals surface area contributed by atoms with Gasteiger partial charge in [0.15, 0.2) is 0 Å². The van der Waals surface area contributed by atoms with Gasteiger partial charge in [-0.05, 0) is 30.7 Å². The van der Waals surface area contributed by atoms with E-state index >= 15 is 0 Å². The third-order valence-electron chi connectivity index (χ3n) is 2.86. The highest BCUT2D eigenvalue weighted by Gasteiger charge is 2.18. The van der Waals surface area contributed by atoms with E-state index in [9.17, 15) is 10.1 Å². The Morgan fingerprint density at radius 2 is 2.10 bits per heavy atom. The topological polar surface area (TPSA) is 101 Å². The maximum absolute atomic E-state index is 11.1. The van der Waals surface area contributed by atoms with E-state index in [1.165, 1.54) is 19.2 Å². The average molecular weight is 289 g/mol. The quantitative estimate of drug-likeness (QED) is 0.671. The van der Waals surface area contributed by atoms with Gasteiger partial charge < -0.3 is 15.2 Å². The molecule has 0 bridgehead atoms. The van der Waals surface area contributed by atoms with E-state index in [1.807, 2.05) is 6.92 Å². The van der Waals surface area contributed by atoms with Gasteiger partial charge >= 0.3 is 5.69 Å². The number of nitrogens with zero attached hydrogens (tertiary/aromatic N) is 2. The van der Waals surface area contributed by atoms with Crippen LogP contribution in [0.15, 0.2) is 36.5 Å². The molecule has 2 rings (SSSR count). The first kappa shape index (κ1) is 14.7. The second kappa shape index (κ2) is 6.19. The second-order valence-corrected chi connectivity index (χ2v) is 4.41. The average Bonchev–Trinajstić information content (AvgIpc) is 2.47. The van der Waals surface area contributed by atoms with E-state index in [-0.39, 0.29) is 23.4 Å². The van der Waals surface area contributed by atoms with Gasteiger partial charge in [-0.2, -0.15) is 0 Å². The Hall–Kier alpha value is -2.67. The molecule has 7 nitrogen and oxygen atoms in total. The molecule has 1 atom stereocenters. The van der Waals surface area contributed by atoms with Crippen molar-refractivity contribution in [3.8, 4) is 17.4 Å². The van der Waals surface area contributed by atoms with Crippen molar-refractivity contribution in [2.75, 3.05) is 7.11 Å². The Morgan fingerprint density at radius 3 is 2.71 bits per heavy atom. The van der Waals surface area contributed by atoms with Gasteiger partial charge in [0.1, 0.15) is 5.75 Å². The minimum absolute atomic E-state index is 0.0927. The summed E-state index contributed by atoms with van der Waals surface area (Å²) in [5, 5.41) is 11.1. The second-order valence-electron chi connectivity index (χ2n) is 4.41. The molecular formula is C14H15N3O4. The van der Waals surface area contributed by atoms with Gasteiger partial charge in [0.05, 0.1) is 18.1 Å². The van der Waals surface area contributed by atoms with E-state index in [1.54, 1.807) is 24.4 Å². The van der Waals surface area contributed by atoms with Crippen LogP contribution in [-0.2, 0) is 0 Å². The SMILES string of the molecule is COc1ccc(Oc2cc([C@H](C)N)ccn2)c([N+](=O)[O-])c1. The third-order valence-corrected chi connectivity index (χ3v) is 2.86. The van der Waals surface area contributed by atoms with Crippen molar-refractivity contribution in [3.63, 3.8) is 0 Å². The maximum Gasteiger partial charge on any atom is 0.315 e. The van der Waals surface area contributed by atoms with E-state index in [0.717, 1.165) is 5.56 Å². The van der Waals surface area contributed by atoms with Crippen molar-refractivity contribution in [1.82, 2.24) is 4.98 Å². The minimum atomic E-state index is -0.534. The standard InChI is InChI=1S/C14H15N3O4/c1-9(15)10-5-6-16-14(7-10)21-13-4-3-11(20-2)8-12(13)17(18)19/h3-9H,15H2,1-2H3/t9-/m0/s1. The number of hydrogen-bond acceptors (Lipinski definition) is 6. The lowest BCUT2D eigenvalue weighted by atomic mass is 10.1.